The van der Waals surface area contributed by atoms with Crippen LogP contribution >= 0.6 is 0 Å². The summed E-state index contributed by atoms with van der Waals surface area (Å²) in [4.78, 5) is 39.3. The minimum Gasteiger partial charge on any atom is -0.342 e. The summed E-state index contributed by atoms with van der Waals surface area (Å²) in [6, 6.07) is 9.34. The quantitative estimate of drug-likeness (QED) is 0.713. The van der Waals surface area contributed by atoms with Gasteiger partial charge in [-0.1, -0.05) is 30.3 Å². The molecule has 0 bridgehead atoms. The van der Waals surface area contributed by atoms with E-state index in [0.29, 0.717) is 25.5 Å². The highest BCUT2D eigenvalue weighted by Crippen LogP contribution is 2.24. The molecule has 4 rings (SSSR count). The Morgan fingerprint density at radius 3 is 2.63 bits per heavy atom. The minimum atomic E-state index is -0.910. The maximum absolute atomic E-state index is 13.7. The van der Waals surface area contributed by atoms with E-state index in [1.807, 2.05) is 30.3 Å². The van der Waals surface area contributed by atoms with E-state index in [2.05, 4.69) is 16.0 Å². The summed E-state index contributed by atoms with van der Waals surface area (Å²) < 4.78 is 26.7. The van der Waals surface area contributed by atoms with Crippen molar-refractivity contribution in [3.05, 3.63) is 65.7 Å². The third-order valence-electron chi connectivity index (χ3n) is 5.34. The number of carbonyl (C=O) groups excluding carboxylic acids is 3. The molecule has 2 aliphatic rings. The van der Waals surface area contributed by atoms with E-state index in [-0.39, 0.29) is 17.5 Å². The molecule has 2 saturated heterocycles. The number of carbonyl (C=O) groups is 3. The average Bonchev–Trinajstić information content (AvgIpc) is 3.13. The highest BCUT2D eigenvalue weighted by atomic mass is 19.1. The maximum atomic E-state index is 13.7. The van der Waals surface area contributed by atoms with Gasteiger partial charge in [-0.05, 0) is 24.1 Å². The summed E-state index contributed by atoms with van der Waals surface area (Å²) in [5.74, 6) is -2.20. The first-order valence-electron chi connectivity index (χ1n) is 9.60. The van der Waals surface area contributed by atoms with Crippen LogP contribution in [0.15, 0.2) is 48.5 Å². The van der Waals surface area contributed by atoms with Crippen molar-refractivity contribution in [2.75, 3.05) is 11.9 Å². The number of rotatable bonds is 4. The van der Waals surface area contributed by atoms with Gasteiger partial charge in [0.1, 0.15) is 23.7 Å². The molecule has 156 valence electrons. The molecule has 3 atom stereocenters. The lowest BCUT2D eigenvalue weighted by Crippen LogP contribution is -2.65. The van der Waals surface area contributed by atoms with Gasteiger partial charge in [0.25, 0.3) is 0 Å². The van der Waals surface area contributed by atoms with Crippen LogP contribution in [0, 0.1) is 11.6 Å². The summed E-state index contributed by atoms with van der Waals surface area (Å²) >= 11 is 0. The third-order valence-corrected chi connectivity index (χ3v) is 5.34. The first-order valence-corrected chi connectivity index (χ1v) is 9.60. The van der Waals surface area contributed by atoms with Gasteiger partial charge < -0.3 is 20.9 Å². The van der Waals surface area contributed by atoms with Crippen molar-refractivity contribution in [3.8, 4) is 0 Å². The molecule has 2 aromatic carbocycles. The average molecular weight is 414 g/mol. The zero-order valence-corrected chi connectivity index (χ0v) is 15.9. The van der Waals surface area contributed by atoms with Gasteiger partial charge in [0.15, 0.2) is 0 Å². The van der Waals surface area contributed by atoms with Crippen LogP contribution in [0.5, 0.6) is 0 Å². The van der Waals surface area contributed by atoms with E-state index < -0.39 is 35.8 Å². The molecule has 9 heteroatoms. The zero-order chi connectivity index (χ0) is 21.3. The van der Waals surface area contributed by atoms with Gasteiger partial charge in [0.05, 0.1) is 11.7 Å². The van der Waals surface area contributed by atoms with E-state index in [9.17, 15) is 23.2 Å². The Morgan fingerprint density at radius 1 is 1.13 bits per heavy atom. The summed E-state index contributed by atoms with van der Waals surface area (Å²) in [6.07, 6.45) is 0.776. The smallest absolute Gasteiger partial charge is 0.319 e. The lowest BCUT2D eigenvalue weighted by atomic mass is 9.99. The Bertz CT molecular complexity index is 985. The van der Waals surface area contributed by atoms with Crippen LogP contribution in [0.25, 0.3) is 0 Å². The van der Waals surface area contributed by atoms with Crippen molar-refractivity contribution in [2.24, 2.45) is 0 Å². The van der Waals surface area contributed by atoms with Crippen molar-refractivity contribution < 1.29 is 23.2 Å². The van der Waals surface area contributed by atoms with Gasteiger partial charge in [-0.3, -0.25) is 9.59 Å². The van der Waals surface area contributed by atoms with Gasteiger partial charge in [-0.2, -0.15) is 0 Å². The second-order valence-electron chi connectivity index (χ2n) is 7.35. The van der Waals surface area contributed by atoms with Crippen LogP contribution < -0.4 is 16.0 Å². The number of hydrogen-bond acceptors (Lipinski definition) is 3. The van der Waals surface area contributed by atoms with Gasteiger partial charge in [-0.15, -0.1) is 0 Å². The van der Waals surface area contributed by atoms with Crippen molar-refractivity contribution in [1.29, 1.82) is 0 Å². The number of hydrogen-bond donors (Lipinski definition) is 3. The van der Waals surface area contributed by atoms with E-state index in [0.717, 1.165) is 17.7 Å². The molecule has 2 aliphatic heterocycles. The molecule has 0 radical (unpaired) electrons. The van der Waals surface area contributed by atoms with E-state index in [4.69, 9.17) is 0 Å². The SMILES string of the molecule is O=C(Nc1ccc(F)cc1F)NC1CCN2C(=O)C(Cc3ccccc3)NC(=O)C12. The zero-order valence-electron chi connectivity index (χ0n) is 15.9. The number of amides is 4. The summed E-state index contributed by atoms with van der Waals surface area (Å²) in [5, 5.41) is 7.67. The van der Waals surface area contributed by atoms with Crippen LogP contribution in [0.3, 0.4) is 0 Å². The van der Waals surface area contributed by atoms with Gasteiger partial charge >= 0.3 is 6.03 Å². The lowest BCUT2D eigenvalue weighted by molar-refractivity contribution is -0.147. The maximum Gasteiger partial charge on any atom is 0.319 e. The fourth-order valence-electron chi connectivity index (χ4n) is 3.94. The second kappa shape index (κ2) is 8.10. The van der Waals surface area contributed by atoms with Crippen LogP contribution in [0.1, 0.15) is 12.0 Å². The van der Waals surface area contributed by atoms with Crippen molar-refractivity contribution >= 4 is 23.5 Å². The molecule has 3 unspecified atom stereocenters. The fourth-order valence-corrected chi connectivity index (χ4v) is 3.94. The van der Waals surface area contributed by atoms with Gasteiger partial charge in [0.2, 0.25) is 11.8 Å². The highest BCUT2D eigenvalue weighted by molar-refractivity contribution is 5.99. The first-order chi connectivity index (χ1) is 14.4. The van der Waals surface area contributed by atoms with Gasteiger partial charge in [-0.25, -0.2) is 13.6 Å². The Morgan fingerprint density at radius 2 is 1.90 bits per heavy atom. The number of benzene rings is 2. The summed E-state index contributed by atoms with van der Waals surface area (Å²) in [6.45, 7) is 0.331. The number of piperazine rings is 1. The molecule has 4 amide bonds. The summed E-state index contributed by atoms with van der Waals surface area (Å²) in [5.41, 5.74) is 0.750. The minimum absolute atomic E-state index is 0.184. The van der Waals surface area contributed by atoms with E-state index in [1.54, 1.807) is 0 Å². The van der Waals surface area contributed by atoms with E-state index >= 15 is 0 Å². The Balaban J connectivity index is 1.40. The number of nitrogens with one attached hydrogen (secondary N) is 3. The topological polar surface area (TPSA) is 90.5 Å². The van der Waals surface area contributed by atoms with Crippen LogP contribution in [0.4, 0.5) is 19.3 Å². The Labute approximate surface area is 171 Å². The first kappa shape index (κ1) is 19.8. The van der Waals surface area contributed by atoms with Gasteiger partial charge in [0, 0.05) is 19.0 Å². The molecule has 0 aliphatic carbocycles. The van der Waals surface area contributed by atoms with Crippen LogP contribution in [-0.2, 0) is 16.0 Å². The summed E-state index contributed by atoms with van der Waals surface area (Å²) in [7, 11) is 0. The number of urea groups is 1. The standard InChI is InChI=1S/C21H20F2N4O3/c22-13-6-7-15(14(23)11-13)25-21(30)26-16-8-9-27-18(16)19(28)24-17(20(27)29)10-12-4-2-1-3-5-12/h1-7,11,16-18H,8-10H2,(H,24,28)(H2,25,26,30). The van der Waals surface area contributed by atoms with Crippen molar-refractivity contribution in [3.63, 3.8) is 0 Å². The Kier molecular flexibility index (Phi) is 5.35. The van der Waals surface area contributed by atoms with Crippen molar-refractivity contribution in [1.82, 2.24) is 15.5 Å². The molecule has 0 aromatic heterocycles. The third kappa shape index (κ3) is 3.96. The molecular weight excluding hydrogens is 394 g/mol. The molecule has 0 spiro atoms. The number of nitrogens with zero attached hydrogens (tertiary/aromatic N) is 1. The second-order valence-corrected chi connectivity index (χ2v) is 7.35. The number of anilines is 1. The highest BCUT2D eigenvalue weighted by Gasteiger charge is 2.48. The number of halogens is 2. The largest absolute Gasteiger partial charge is 0.342 e. The normalized spacial score (nSPS) is 23.0. The molecule has 3 N–H and O–H groups in total. The van der Waals surface area contributed by atoms with Crippen LogP contribution in [0.2, 0.25) is 0 Å². The lowest BCUT2D eigenvalue weighted by Gasteiger charge is -2.36. The Hall–Kier alpha value is -3.49. The monoisotopic (exact) mass is 414 g/mol. The number of fused-ring (bicyclic) bond motifs is 1. The molecule has 0 saturated carbocycles. The molecule has 30 heavy (non-hydrogen) atoms. The van der Waals surface area contributed by atoms with Crippen molar-refractivity contribution in [2.45, 2.75) is 31.0 Å². The van der Waals surface area contributed by atoms with E-state index in [1.165, 1.54) is 4.90 Å². The molecule has 2 heterocycles. The fraction of sp³-hybridized carbons (Fsp3) is 0.286. The predicted octanol–water partition coefficient (Wildman–Crippen LogP) is 1.80. The molecule has 7 nitrogen and oxygen atoms in total. The molecular formula is C21H20F2N4O3. The molecule has 2 fully saturated rings. The molecule has 2 aromatic rings. The van der Waals surface area contributed by atoms with Crippen LogP contribution in [-0.4, -0.2) is 47.4 Å². The predicted molar refractivity (Wildman–Crippen MR) is 104 cm³/mol.